The molecule has 0 saturated carbocycles. The van der Waals surface area contributed by atoms with Crippen LogP contribution in [-0.4, -0.2) is 30.6 Å². The molecule has 2 amide bonds. The molecule has 3 nitrogen and oxygen atoms in total. The van der Waals surface area contributed by atoms with Gasteiger partial charge in [0.25, 0.3) is 0 Å². The highest BCUT2D eigenvalue weighted by atomic mass is 16.2. The standard InChI is InChI=1S/C11H18N2O/c1-2-3-5-8-12-11(14)13-9-6-4-7-10-13/h1H,3-10H2,(H,12,14). The molecule has 0 unspecified atom stereocenters. The summed E-state index contributed by atoms with van der Waals surface area (Å²) in [6.45, 7) is 2.50. The SMILES string of the molecule is C#CCCCNC(=O)N1CCCCC1. The maximum atomic E-state index is 11.5. The number of unbranched alkanes of at least 4 members (excludes halogenated alkanes) is 1. The monoisotopic (exact) mass is 194 g/mol. The lowest BCUT2D eigenvalue weighted by molar-refractivity contribution is 0.186. The molecule has 1 rings (SSSR count). The molecule has 0 spiro atoms. The lowest BCUT2D eigenvalue weighted by Crippen LogP contribution is -2.43. The average Bonchev–Trinajstić information content (AvgIpc) is 2.25. The van der Waals surface area contributed by atoms with Gasteiger partial charge in [0, 0.05) is 26.1 Å². The maximum Gasteiger partial charge on any atom is 0.317 e. The minimum atomic E-state index is 0.0710. The van der Waals surface area contributed by atoms with Crippen molar-refractivity contribution in [3.05, 3.63) is 0 Å². The van der Waals surface area contributed by atoms with E-state index in [4.69, 9.17) is 6.42 Å². The number of likely N-dealkylation sites (tertiary alicyclic amines) is 1. The summed E-state index contributed by atoms with van der Waals surface area (Å²) in [4.78, 5) is 13.4. The Morgan fingerprint density at radius 1 is 1.36 bits per heavy atom. The van der Waals surface area contributed by atoms with Crippen LogP contribution >= 0.6 is 0 Å². The van der Waals surface area contributed by atoms with Gasteiger partial charge in [0.1, 0.15) is 0 Å². The first-order valence-electron chi connectivity index (χ1n) is 5.31. The number of nitrogens with one attached hydrogen (secondary N) is 1. The van der Waals surface area contributed by atoms with Gasteiger partial charge in [-0.25, -0.2) is 4.79 Å². The number of terminal acetylenes is 1. The zero-order chi connectivity index (χ0) is 10.2. The fourth-order valence-corrected chi connectivity index (χ4v) is 1.59. The van der Waals surface area contributed by atoms with Gasteiger partial charge >= 0.3 is 6.03 Å². The molecular weight excluding hydrogens is 176 g/mol. The Bertz CT molecular complexity index is 214. The Balaban J connectivity index is 2.11. The van der Waals surface area contributed by atoms with E-state index in [2.05, 4.69) is 11.2 Å². The number of hydrogen-bond acceptors (Lipinski definition) is 1. The summed E-state index contributed by atoms with van der Waals surface area (Å²) in [5.74, 6) is 2.56. The predicted octanol–water partition coefficient (Wildman–Crippen LogP) is 1.60. The van der Waals surface area contributed by atoms with Crippen LogP contribution in [0.4, 0.5) is 4.79 Å². The second-order valence-electron chi connectivity index (χ2n) is 3.59. The van der Waals surface area contributed by atoms with Crippen LogP contribution in [-0.2, 0) is 0 Å². The molecule has 1 fully saturated rings. The first kappa shape index (κ1) is 10.9. The molecule has 0 atom stereocenters. The first-order chi connectivity index (χ1) is 6.84. The summed E-state index contributed by atoms with van der Waals surface area (Å²) < 4.78 is 0. The third kappa shape index (κ3) is 3.69. The molecule has 1 aliphatic rings. The van der Waals surface area contributed by atoms with Crippen LogP contribution in [0.3, 0.4) is 0 Å². The van der Waals surface area contributed by atoms with Gasteiger partial charge in [0.2, 0.25) is 0 Å². The molecule has 1 heterocycles. The van der Waals surface area contributed by atoms with E-state index >= 15 is 0 Å². The van der Waals surface area contributed by atoms with Gasteiger partial charge in [-0.05, 0) is 25.7 Å². The largest absolute Gasteiger partial charge is 0.338 e. The molecule has 0 bridgehead atoms. The second-order valence-corrected chi connectivity index (χ2v) is 3.59. The average molecular weight is 194 g/mol. The third-order valence-corrected chi connectivity index (χ3v) is 2.42. The van der Waals surface area contributed by atoms with Gasteiger partial charge in [0.05, 0.1) is 0 Å². The highest BCUT2D eigenvalue weighted by Gasteiger charge is 2.14. The minimum absolute atomic E-state index is 0.0710. The van der Waals surface area contributed by atoms with Gasteiger partial charge in [-0.15, -0.1) is 12.3 Å². The third-order valence-electron chi connectivity index (χ3n) is 2.42. The van der Waals surface area contributed by atoms with E-state index in [1.54, 1.807) is 0 Å². The Morgan fingerprint density at radius 2 is 2.07 bits per heavy atom. The zero-order valence-corrected chi connectivity index (χ0v) is 8.59. The smallest absolute Gasteiger partial charge is 0.317 e. The van der Waals surface area contributed by atoms with E-state index < -0.39 is 0 Å². The number of nitrogens with zero attached hydrogens (tertiary/aromatic N) is 1. The van der Waals surface area contributed by atoms with Crippen molar-refractivity contribution in [2.45, 2.75) is 32.1 Å². The number of piperidine rings is 1. The van der Waals surface area contributed by atoms with Crippen molar-refractivity contribution in [3.63, 3.8) is 0 Å². The van der Waals surface area contributed by atoms with E-state index in [1.807, 2.05) is 4.90 Å². The van der Waals surface area contributed by atoms with Gasteiger partial charge in [-0.2, -0.15) is 0 Å². The molecule has 1 N–H and O–H groups in total. The van der Waals surface area contributed by atoms with E-state index in [0.29, 0.717) is 6.54 Å². The van der Waals surface area contributed by atoms with Crippen LogP contribution in [0.5, 0.6) is 0 Å². The number of rotatable bonds is 3. The van der Waals surface area contributed by atoms with Crippen LogP contribution in [0.25, 0.3) is 0 Å². The summed E-state index contributed by atoms with van der Waals surface area (Å²) >= 11 is 0. The van der Waals surface area contributed by atoms with E-state index in [-0.39, 0.29) is 6.03 Å². The van der Waals surface area contributed by atoms with Crippen LogP contribution in [0.15, 0.2) is 0 Å². The number of hydrogen-bond donors (Lipinski definition) is 1. The summed E-state index contributed by atoms with van der Waals surface area (Å²) in [6, 6.07) is 0.0710. The van der Waals surface area contributed by atoms with E-state index in [0.717, 1.165) is 38.8 Å². The zero-order valence-electron chi connectivity index (χ0n) is 8.59. The summed E-state index contributed by atoms with van der Waals surface area (Å²) in [6.07, 6.45) is 10.2. The Kier molecular flexibility index (Phi) is 4.92. The summed E-state index contributed by atoms with van der Waals surface area (Å²) in [5.41, 5.74) is 0. The first-order valence-corrected chi connectivity index (χ1v) is 5.31. The van der Waals surface area contributed by atoms with Crippen molar-refractivity contribution in [1.29, 1.82) is 0 Å². The molecule has 1 aliphatic heterocycles. The molecule has 78 valence electrons. The molecule has 0 aliphatic carbocycles. The molecule has 0 aromatic rings. The van der Waals surface area contributed by atoms with Crippen molar-refractivity contribution in [1.82, 2.24) is 10.2 Å². The van der Waals surface area contributed by atoms with E-state index in [9.17, 15) is 4.79 Å². The number of carbonyl (C=O) groups is 1. The second kappa shape index (κ2) is 6.31. The topological polar surface area (TPSA) is 32.3 Å². The van der Waals surface area contributed by atoms with Crippen molar-refractivity contribution in [2.75, 3.05) is 19.6 Å². The minimum Gasteiger partial charge on any atom is -0.338 e. The fraction of sp³-hybridized carbons (Fsp3) is 0.727. The Hall–Kier alpha value is -1.17. The lowest BCUT2D eigenvalue weighted by Gasteiger charge is -2.26. The number of carbonyl (C=O) groups excluding carboxylic acids is 1. The highest BCUT2D eigenvalue weighted by Crippen LogP contribution is 2.08. The van der Waals surface area contributed by atoms with Crippen LogP contribution in [0.2, 0.25) is 0 Å². The van der Waals surface area contributed by atoms with Gasteiger partial charge in [0.15, 0.2) is 0 Å². The van der Waals surface area contributed by atoms with Crippen molar-refractivity contribution < 1.29 is 4.79 Å². The van der Waals surface area contributed by atoms with Crippen LogP contribution in [0.1, 0.15) is 32.1 Å². The molecule has 0 aromatic carbocycles. The normalized spacial score (nSPS) is 16.1. The quantitative estimate of drug-likeness (QED) is 0.537. The van der Waals surface area contributed by atoms with E-state index in [1.165, 1.54) is 6.42 Å². The Morgan fingerprint density at radius 3 is 2.71 bits per heavy atom. The molecular formula is C11H18N2O. The number of urea groups is 1. The molecule has 14 heavy (non-hydrogen) atoms. The fourth-order valence-electron chi connectivity index (χ4n) is 1.59. The lowest BCUT2D eigenvalue weighted by atomic mass is 10.1. The van der Waals surface area contributed by atoms with Gasteiger partial charge < -0.3 is 10.2 Å². The van der Waals surface area contributed by atoms with Crippen LogP contribution < -0.4 is 5.32 Å². The molecule has 0 radical (unpaired) electrons. The summed E-state index contributed by atoms with van der Waals surface area (Å²) in [7, 11) is 0. The molecule has 1 saturated heterocycles. The van der Waals surface area contributed by atoms with Gasteiger partial charge in [-0.3, -0.25) is 0 Å². The van der Waals surface area contributed by atoms with Gasteiger partial charge in [-0.1, -0.05) is 0 Å². The van der Waals surface area contributed by atoms with Crippen molar-refractivity contribution in [2.24, 2.45) is 0 Å². The molecule has 0 aromatic heterocycles. The van der Waals surface area contributed by atoms with Crippen LogP contribution in [0, 0.1) is 12.3 Å². The number of amides is 2. The van der Waals surface area contributed by atoms with Crippen molar-refractivity contribution >= 4 is 6.03 Å². The predicted molar refractivity (Wildman–Crippen MR) is 56.9 cm³/mol. The Labute approximate surface area is 85.9 Å². The molecule has 3 heteroatoms. The van der Waals surface area contributed by atoms with Crippen molar-refractivity contribution in [3.8, 4) is 12.3 Å². The highest BCUT2D eigenvalue weighted by molar-refractivity contribution is 5.74. The maximum absolute atomic E-state index is 11.5. The summed E-state index contributed by atoms with van der Waals surface area (Å²) in [5, 5.41) is 2.88.